The van der Waals surface area contributed by atoms with Gasteiger partial charge in [0.1, 0.15) is 11.5 Å². The molecular formula is C23H19N3O5. The van der Waals surface area contributed by atoms with Gasteiger partial charge in [0.05, 0.1) is 23.3 Å². The van der Waals surface area contributed by atoms with Crippen LogP contribution in [0.3, 0.4) is 0 Å². The monoisotopic (exact) mass is 417 g/mol. The normalized spacial score (nSPS) is 13.8. The van der Waals surface area contributed by atoms with Gasteiger partial charge in [0, 0.05) is 17.8 Å². The molecule has 31 heavy (non-hydrogen) atoms. The van der Waals surface area contributed by atoms with Crippen LogP contribution < -0.4 is 5.32 Å². The zero-order chi connectivity index (χ0) is 22.1. The lowest BCUT2D eigenvalue weighted by Gasteiger charge is -2.15. The number of anilines is 1. The number of nitro benzene ring substituents is 1. The van der Waals surface area contributed by atoms with Crippen molar-refractivity contribution in [3.63, 3.8) is 0 Å². The highest BCUT2D eigenvalue weighted by Gasteiger charge is 2.40. The van der Waals surface area contributed by atoms with Gasteiger partial charge >= 0.3 is 0 Å². The largest absolute Gasteiger partial charge is 0.467 e. The maximum absolute atomic E-state index is 13.2. The van der Waals surface area contributed by atoms with Gasteiger partial charge in [-0.25, -0.2) is 0 Å². The number of imide groups is 1. The van der Waals surface area contributed by atoms with E-state index in [4.69, 9.17) is 4.42 Å². The van der Waals surface area contributed by atoms with Gasteiger partial charge in [-0.05, 0) is 60.9 Å². The standard InChI is InChI=1S/C23H19N3O5/c1-14-5-3-7-19(15(14)2)24-21-20(16-8-10-17(11-9-16)26(29)30)22(27)25(23(21)28)13-18-6-4-12-31-18/h3-12,24H,13H2,1-2H3. The number of carbonyl (C=O) groups is 2. The minimum atomic E-state index is -0.516. The summed E-state index contributed by atoms with van der Waals surface area (Å²) in [6.45, 7) is 3.86. The molecule has 8 nitrogen and oxygen atoms in total. The van der Waals surface area contributed by atoms with Crippen molar-refractivity contribution in [3.8, 4) is 0 Å². The third-order valence-electron chi connectivity index (χ3n) is 5.29. The third-order valence-corrected chi connectivity index (χ3v) is 5.29. The fourth-order valence-electron chi connectivity index (χ4n) is 3.43. The highest BCUT2D eigenvalue weighted by molar-refractivity contribution is 6.36. The first-order valence-corrected chi connectivity index (χ1v) is 9.57. The molecule has 0 unspecified atom stereocenters. The molecule has 1 aliphatic heterocycles. The molecule has 0 bridgehead atoms. The number of non-ortho nitro benzene ring substituents is 1. The van der Waals surface area contributed by atoms with Gasteiger partial charge in [0.15, 0.2) is 0 Å². The number of carbonyl (C=O) groups excluding carboxylic acids is 2. The quantitative estimate of drug-likeness (QED) is 0.366. The molecule has 1 aromatic heterocycles. The number of nitrogens with zero attached hydrogens (tertiary/aromatic N) is 2. The van der Waals surface area contributed by atoms with Gasteiger partial charge in [-0.3, -0.25) is 24.6 Å². The van der Waals surface area contributed by atoms with E-state index in [2.05, 4.69) is 5.32 Å². The number of hydrogen-bond acceptors (Lipinski definition) is 6. The van der Waals surface area contributed by atoms with E-state index in [9.17, 15) is 19.7 Å². The number of aryl methyl sites for hydroxylation is 1. The van der Waals surface area contributed by atoms with Crippen LogP contribution in [0.2, 0.25) is 0 Å². The van der Waals surface area contributed by atoms with Crippen LogP contribution in [-0.2, 0) is 16.1 Å². The predicted octanol–water partition coefficient (Wildman–Crippen LogP) is 4.20. The number of furan rings is 1. The molecule has 0 saturated heterocycles. The first-order valence-electron chi connectivity index (χ1n) is 9.57. The maximum Gasteiger partial charge on any atom is 0.278 e. The molecule has 1 N–H and O–H groups in total. The van der Waals surface area contributed by atoms with Crippen LogP contribution in [0.15, 0.2) is 71.0 Å². The fourth-order valence-corrected chi connectivity index (χ4v) is 3.43. The Bertz CT molecular complexity index is 1210. The molecule has 2 heterocycles. The lowest BCUT2D eigenvalue weighted by Crippen LogP contribution is -2.31. The maximum atomic E-state index is 13.2. The van der Waals surface area contributed by atoms with E-state index in [1.165, 1.54) is 30.5 Å². The van der Waals surface area contributed by atoms with Crippen molar-refractivity contribution in [2.45, 2.75) is 20.4 Å². The van der Waals surface area contributed by atoms with Crippen molar-refractivity contribution in [2.75, 3.05) is 5.32 Å². The molecule has 0 spiro atoms. The Balaban J connectivity index is 1.78. The molecule has 0 saturated carbocycles. The van der Waals surface area contributed by atoms with E-state index < -0.39 is 16.7 Å². The van der Waals surface area contributed by atoms with Crippen LogP contribution in [0.25, 0.3) is 5.57 Å². The van der Waals surface area contributed by atoms with Crippen LogP contribution in [-0.4, -0.2) is 21.6 Å². The summed E-state index contributed by atoms with van der Waals surface area (Å²) in [7, 11) is 0. The smallest absolute Gasteiger partial charge is 0.278 e. The van der Waals surface area contributed by atoms with E-state index >= 15 is 0 Å². The first kappa shape index (κ1) is 20.1. The molecule has 2 amide bonds. The number of rotatable bonds is 6. The lowest BCUT2D eigenvalue weighted by atomic mass is 10.0. The van der Waals surface area contributed by atoms with Crippen molar-refractivity contribution in [1.82, 2.24) is 4.90 Å². The highest BCUT2D eigenvalue weighted by Crippen LogP contribution is 2.33. The van der Waals surface area contributed by atoms with E-state index in [0.717, 1.165) is 16.0 Å². The van der Waals surface area contributed by atoms with Crippen LogP contribution in [0.4, 0.5) is 11.4 Å². The number of hydrogen-bond donors (Lipinski definition) is 1. The zero-order valence-corrected chi connectivity index (χ0v) is 16.9. The van der Waals surface area contributed by atoms with Gasteiger partial charge in [-0.15, -0.1) is 0 Å². The second-order valence-electron chi connectivity index (χ2n) is 7.20. The van der Waals surface area contributed by atoms with Gasteiger partial charge in [-0.2, -0.15) is 0 Å². The topological polar surface area (TPSA) is 106 Å². The summed E-state index contributed by atoms with van der Waals surface area (Å²) in [5, 5.41) is 14.1. The Hall–Kier alpha value is -4.20. The van der Waals surface area contributed by atoms with Gasteiger partial charge in [0.25, 0.3) is 17.5 Å². The summed E-state index contributed by atoms with van der Waals surface area (Å²) in [4.78, 5) is 38.1. The SMILES string of the molecule is Cc1cccc(NC2=C(c3ccc([N+](=O)[O-])cc3)C(=O)N(Cc3ccco3)C2=O)c1C. The Kier molecular flexibility index (Phi) is 5.12. The Morgan fingerprint density at radius 3 is 2.39 bits per heavy atom. The number of nitrogens with one attached hydrogen (secondary N) is 1. The summed E-state index contributed by atoms with van der Waals surface area (Å²) in [6.07, 6.45) is 1.47. The average Bonchev–Trinajstić information content (AvgIpc) is 3.34. The minimum absolute atomic E-state index is 0.0148. The summed E-state index contributed by atoms with van der Waals surface area (Å²) >= 11 is 0. The third kappa shape index (κ3) is 3.71. The van der Waals surface area contributed by atoms with Crippen LogP contribution in [0.5, 0.6) is 0 Å². The Labute approximate surface area is 177 Å². The molecule has 0 fully saturated rings. The summed E-state index contributed by atoms with van der Waals surface area (Å²) < 4.78 is 5.30. The molecular weight excluding hydrogens is 398 g/mol. The predicted molar refractivity (Wildman–Crippen MR) is 114 cm³/mol. The van der Waals surface area contributed by atoms with E-state index in [1.54, 1.807) is 12.1 Å². The van der Waals surface area contributed by atoms with Crippen molar-refractivity contribution < 1.29 is 18.9 Å². The second-order valence-corrected chi connectivity index (χ2v) is 7.20. The van der Waals surface area contributed by atoms with E-state index in [-0.39, 0.29) is 23.5 Å². The van der Waals surface area contributed by atoms with Crippen LogP contribution in [0.1, 0.15) is 22.5 Å². The molecule has 1 aliphatic rings. The van der Waals surface area contributed by atoms with Crippen molar-refractivity contribution >= 4 is 28.8 Å². The molecule has 4 rings (SSSR count). The van der Waals surface area contributed by atoms with Gasteiger partial charge < -0.3 is 9.73 Å². The summed E-state index contributed by atoms with van der Waals surface area (Å²) in [5.41, 5.74) is 3.28. The molecule has 156 valence electrons. The Morgan fingerprint density at radius 1 is 1.00 bits per heavy atom. The second kappa shape index (κ2) is 7.91. The fraction of sp³-hybridized carbons (Fsp3) is 0.130. The molecule has 0 aliphatic carbocycles. The van der Waals surface area contributed by atoms with Crippen LogP contribution in [0, 0.1) is 24.0 Å². The molecule has 3 aromatic rings. The highest BCUT2D eigenvalue weighted by atomic mass is 16.6. The summed E-state index contributed by atoms with van der Waals surface area (Å²) in [6, 6.07) is 14.6. The lowest BCUT2D eigenvalue weighted by molar-refractivity contribution is -0.384. The van der Waals surface area contributed by atoms with Crippen molar-refractivity contribution in [3.05, 3.63) is 99.1 Å². The summed E-state index contributed by atoms with van der Waals surface area (Å²) in [5.74, 6) is -0.517. The minimum Gasteiger partial charge on any atom is -0.467 e. The molecule has 0 atom stereocenters. The van der Waals surface area contributed by atoms with Crippen molar-refractivity contribution in [1.29, 1.82) is 0 Å². The van der Waals surface area contributed by atoms with E-state index in [1.807, 2.05) is 32.0 Å². The average molecular weight is 417 g/mol. The van der Waals surface area contributed by atoms with Gasteiger partial charge in [-0.1, -0.05) is 12.1 Å². The molecule has 8 heteroatoms. The first-order chi connectivity index (χ1) is 14.9. The zero-order valence-electron chi connectivity index (χ0n) is 16.9. The number of benzene rings is 2. The van der Waals surface area contributed by atoms with Crippen LogP contribution >= 0.6 is 0 Å². The van der Waals surface area contributed by atoms with Crippen molar-refractivity contribution in [2.24, 2.45) is 0 Å². The number of amides is 2. The number of nitro groups is 1. The van der Waals surface area contributed by atoms with Gasteiger partial charge in [0.2, 0.25) is 0 Å². The molecule has 2 aromatic carbocycles. The van der Waals surface area contributed by atoms with E-state index in [0.29, 0.717) is 17.0 Å². The Morgan fingerprint density at radius 2 is 1.74 bits per heavy atom. The molecule has 0 radical (unpaired) electrons.